The second-order valence-corrected chi connectivity index (χ2v) is 4.78. The molecule has 0 aromatic heterocycles. The van der Waals surface area contributed by atoms with Gasteiger partial charge in [-0.3, -0.25) is 11.3 Å². The van der Waals surface area contributed by atoms with Crippen molar-refractivity contribution in [2.45, 2.75) is 37.8 Å². The lowest BCUT2D eigenvalue weighted by atomic mass is 9.79. The van der Waals surface area contributed by atoms with Gasteiger partial charge in [0.2, 0.25) is 0 Å². The molecule has 102 valence electrons. The first-order chi connectivity index (χ1) is 8.20. The van der Waals surface area contributed by atoms with Crippen LogP contribution in [-0.4, -0.2) is 45.7 Å². The van der Waals surface area contributed by atoms with Crippen molar-refractivity contribution in [3.8, 4) is 0 Å². The number of methoxy groups -OCH3 is 2. The molecular weight excluding hydrogens is 220 g/mol. The van der Waals surface area contributed by atoms with Crippen LogP contribution in [-0.2, 0) is 14.2 Å². The van der Waals surface area contributed by atoms with E-state index in [1.54, 1.807) is 14.2 Å². The summed E-state index contributed by atoms with van der Waals surface area (Å²) >= 11 is 0. The number of hydrogen-bond acceptors (Lipinski definition) is 5. The molecule has 0 aromatic carbocycles. The molecule has 2 unspecified atom stereocenters. The Labute approximate surface area is 104 Å². The Kier molecular flexibility index (Phi) is 6.37. The van der Waals surface area contributed by atoms with Crippen LogP contribution < -0.4 is 11.3 Å². The van der Waals surface area contributed by atoms with Crippen molar-refractivity contribution in [2.24, 2.45) is 11.8 Å². The normalized spacial score (nSPS) is 23.3. The van der Waals surface area contributed by atoms with Crippen molar-refractivity contribution in [2.75, 3.05) is 34.0 Å². The standard InChI is InChI=1S/C12H26N2O3/c1-10(4-7-15-2)11(14-13)12(16-3)5-8-17-9-6-12/h10-11,14H,4-9,13H2,1-3H3. The van der Waals surface area contributed by atoms with E-state index in [1.165, 1.54) is 0 Å². The minimum absolute atomic E-state index is 0.131. The maximum absolute atomic E-state index is 5.77. The van der Waals surface area contributed by atoms with Crippen LogP contribution in [0, 0.1) is 5.92 Å². The molecule has 0 aliphatic carbocycles. The Balaban J connectivity index is 2.67. The van der Waals surface area contributed by atoms with Crippen molar-refractivity contribution < 1.29 is 14.2 Å². The van der Waals surface area contributed by atoms with Gasteiger partial charge in [-0.05, 0) is 12.3 Å². The Morgan fingerprint density at radius 1 is 1.35 bits per heavy atom. The average Bonchev–Trinajstić information content (AvgIpc) is 2.38. The molecule has 0 spiro atoms. The highest BCUT2D eigenvalue weighted by Crippen LogP contribution is 2.32. The summed E-state index contributed by atoms with van der Waals surface area (Å²) in [6, 6.07) is 0.131. The quantitative estimate of drug-likeness (QED) is 0.511. The zero-order valence-electron chi connectivity index (χ0n) is 11.2. The van der Waals surface area contributed by atoms with Crippen molar-refractivity contribution in [1.29, 1.82) is 0 Å². The Morgan fingerprint density at radius 3 is 2.47 bits per heavy atom. The van der Waals surface area contributed by atoms with E-state index >= 15 is 0 Å². The number of nitrogens with two attached hydrogens (primary N) is 1. The summed E-state index contributed by atoms with van der Waals surface area (Å²) in [6.07, 6.45) is 2.74. The van der Waals surface area contributed by atoms with Gasteiger partial charge >= 0.3 is 0 Å². The monoisotopic (exact) mass is 246 g/mol. The molecule has 5 heteroatoms. The molecule has 1 saturated heterocycles. The van der Waals surface area contributed by atoms with Gasteiger partial charge in [-0.2, -0.15) is 0 Å². The highest BCUT2D eigenvalue weighted by molar-refractivity contribution is 4.96. The molecular formula is C12H26N2O3. The van der Waals surface area contributed by atoms with Gasteiger partial charge in [0, 0.05) is 46.9 Å². The minimum atomic E-state index is -0.208. The van der Waals surface area contributed by atoms with E-state index in [1.807, 2.05) is 0 Å². The lowest BCUT2D eigenvalue weighted by molar-refractivity contribution is -0.120. The predicted molar refractivity (Wildman–Crippen MR) is 66.6 cm³/mol. The fourth-order valence-electron chi connectivity index (χ4n) is 2.66. The molecule has 1 fully saturated rings. The van der Waals surface area contributed by atoms with Gasteiger partial charge in [0.25, 0.3) is 0 Å². The van der Waals surface area contributed by atoms with E-state index in [0.29, 0.717) is 5.92 Å². The predicted octanol–water partition coefficient (Wildman–Crippen LogP) is 0.687. The zero-order chi connectivity index (χ0) is 12.7. The van der Waals surface area contributed by atoms with Gasteiger partial charge in [0.05, 0.1) is 11.6 Å². The topological polar surface area (TPSA) is 65.7 Å². The number of rotatable bonds is 7. The van der Waals surface area contributed by atoms with Crippen LogP contribution in [0.5, 0.6) is 0 Å². The molecule has 0 bridgehead atoms. The molecule has 2 atom stereocenters. The van der Waals surface area contributed by atoms with Crippen LogP contribution in [0.2, 0.25) is 0 Å². The van der Waals surface area contributed by atoms with Crippen molar-refractivity contribution >= 4 is 0 Å². The molecule has 1 heterocycles. The van der Waals surface area contributed by atoms with E-state index < -0.39 is 0 Å². The molecule has 0 aromatic rings. The van der Waals surface area contributed by atoms with Crippen LogP contribution in [0.4, 0.5) is 0 Å². The Hall–Kier alpha value is -0.200. The number of nitrogens with one attached hydrogen (secondary N) is 1. The van der Waals surface area contributed by atoms with Gasteiger partial charge in [-0.15, -0.1) is 0 Å². The van der Waals surface area contributed by atoms with Crippen LogP contribution >= 0.6 is 0 Å². The maximum Gasteiger partial charge on any atom is 0.0890 e. The van der Waals surface area contributed by atoms with Gasteiger partial charge in [0.15, 0.2) is 0 Å². The van der Waals surface area contributed by atoms with E-state index in [9.17, 15) is 0 Å². The lowest BCUT2D eigenvalue weighted by Gasteiger charge is -2.44. The third-order valence-electron chi connectivity index (χ3n) is 3.84. The molecule has 5 nitrogen and oxygen atoms in total. The van der Waals surface area contributed by atoms with E-state index in [4.69, 9.17) is 20.1 Å². The third-order valence-corrected chi connectivity index (χ3v) is 3.84. The number of hydrazine groups is 1. The second-order valence-electron chi connectivity index (χ2n) is 4.78. The Morgan fingerprint density at radius 2 is 2.00 bits per heavy atom. The number of hydrogen-bond donors (Lipinski definition) is 2. The van der Waals surface area contributed by atoms with Crippen LogP contribution in [0.3, 0.4) is 0 Å². The fourth-order valence-corrected chi connectivity index (χ4v) is 2.66. The molecule has 17 heavy (non-hydrogen) atoms. The fraction of sp³-hybridized carbons (Fsp3) is 1.00. The molecule has 3 N–H and O–H groups in total. The summed E-state index contributed by atoms with van der Waals surface area (Å²) in [7, 11) is 3.48. The van der Waals surface area contributed by atoms with E-state index in [-0.39, 0.29) is 11.6 Å². The SMILES string of the molecule is COCCC(C)C(NN)C1(OC)CCOCC1. The van der Waals surface area contributed by atoms with Gasteiger partial charge < -0.3 is 14.2 Å². The first-order valence-electron chi connectivity index (χ1n) is 6.28. The summed E-state index contributed by atoms with van der Waals surface area (Å²) < 4.78 is 16.3. The minimum Gasteiger partial charge on any atom is -0.385 e. The van der Waals surface area contributed by atoms with E-state index in [2.05, 4.69) is 12.3 Å². The van der Waals surface area contributed by atoms with Crippen LogP contribution in [0.15, 0.2) is 0 Å². The third kappa shape index (κ3) is 3.63. The average molecular weight is 246 g/mol. The molecule has 0 saturated carbocycles. The molecule has 1 rings (SSSR count). The summed E-state index contributed by atoms with van der Waals surface area (Å²) in [5, 5.41) is 0. The van der Waals surface area contributed by atoms with Gasteiger partial charge in [-0.25, -0.2) is 0 Å². The summed E-state index contributed by atoms with van der Waals surface area (Å²) in [6.45, 7) is 4.40. The zero-order valence-corrected chi connectivity index (χ0v) is 11.2. The van der Waals surface area contributed by atoms with Crippen molar-refractivity contribution in [3.05, 3.63) is 0 Å². The van der Waals surface area contributed by atoms with Crippen LogP contribution in [0.1, 0.15) is 26.2 Å². The summed E-state index contributed by atoms with van der Waals surface area (Å²) in [5.74, 6) is 6.13. The molecule has 1 aliphatic rings. The smallest absolute Gasteiger partial charge is 0.0890 e. The summed E-state index contributed by atoms with van der Waals surface area (Å²) in [5.41, 5.74) is 2.73. The molecule has 0 radical (unpaired) electrons. The van der Waals surface area contributed by atoms with E-state index in [0.717, 1.165) is 39.1 Å². The van der Waals surface area contributed by atoms with Crippen molar-refractivity contribution in [1.82, 2.24) is 5.43 Å². The first-order valence-corrected chi connectivity index (χ1v) is 6.28. The van der Waals surface area contributed by atoms with Crippen molar-refractivity contribution in [3.63, 3.8) is 0 Å². The molecule has 0 amide bonds. The summed E-state index contributed by atoms with van der Waals surface area (Å²) in [4.78, 5) is 0. The first kappa shape index (κ1) is 14.9. The number of ether oxygens (including phenoxy) is 3. The van der Waals surface area contributed by atoms with Gasteiger partial charge in [0.1, 0.15) is 0 Å². The largest absolute Gasteiger partial charge is 0.385 e. The maximum atomic E-state index is 5.77. The van der Waals surface area contributed by atoms with Gasteiger partial charge in [-0.1, -0.05) is 6.92 Å². The Bertz CT molecular complexity index is 208. The highest BCUT2D eigenvalue weighted by Gasteiger charge is 2.42. The lowest BCUT2D eigenvalue weighted by Crippen LogP contribution is -2.59. The van der Waals surface area contributed by atoms with Crippen LogP contribution in [0.25, 0.3) is 0 Å². The molecule has 1 aliphatic heterocycles. The highest BCUT2D eigenvalue weighted by atomic mass is 16.5. The second kappa shape index (κ2) is 7.28.